The van der Waals surface area contributed by atoms with E-state index in [0.717, 1.165) is 33.0 Å². The average molecular weight is 517 g/mol. The molecule has 4 aromatic rings. The summed E-state index contributed by atoms with van der Waals surface area (Å²) in [5.41, 5.74) is 8.21. The van der Waals surface area contributed by atoms with Crippen LogP contribution in [-0.4, -0.2) is 10.7 Å². The molecule has 0 radical (unpaired) electrons. The first kappa shape index (κ1) is 23.1. The average Bonchev–Trinajstić information content (AvgIpc) is 3.19. The zero-order valence-electron chi connectivity index (χ0n) is 16.9. The highest BCUT2D eigenvalue weighted by Crippen LogP contribution is 2.39. The van der Waals surface area contributed by atoms with E-state index >= 15 is 0 Å². The number of hydrazone groups is 1. The van der Waals surface area contributed by atoms with E-state index in [1.165, 1.54) is 17.4 Å². The Morgan fingerprint density at radius 3 is 2.39 bits per heavy atom. The van der Waals surface area contributed by atoms with Crippen molar-refractivity contribution < 1.29 is 4.39 Å². The van der Waals surface area contributed by atoms with Gasteiger partial charge in [-0.1, -0.05) is 71.5 Å². The molecule has 7 heteroatoms. The van der Waals surface area contributed by atoms with Crippen LogP contribution in [0.1, 0.15) is 18.1 Å². The maximum Gasteiger partial charge on any atom is 0.204 e. The van der Waals surface area contributed by atoms with Crippen molar-refractivity contribution in [2.24, 2.45) is 5.10 Å². The molecule has 0 saturated heterocycles. The Hall–Kier alpha value is -2.54. The summed E-state index contributed by atoms with van der Waals surface area (Å²) in [5.74, 6) is -0.223. The van der Waals surface area contributed by atoms with Crippen molar-refractivity contribution in [3.8, 4) is 21.7 Å². The molecule has 0 aliphatic heterocycles. The first-order valence-electron chi connectivity index (χ1n) is 9.40. The minimum atomic E-state index is -0.223. The molecule has 0 aliphatic carbocycles. The second-order valence-corrected chi connectivity index (χ2v) is 8.28. The lowest BCUT2D eigenvalue weighted by Crippen LogP contribution is -2.00. The minimum Gasteiger partial charge on any atom is -0.252 e. The van der Waals surface area contributed by atoms with Gasteiger partial charge in [-0.3, -0.25) is 5.43 Å². The molecule has 31 heavy (non-hydrogen) atoms. The second-order valence-electron chi connectivity index (χ2n) is 6.84. The number of hydrogen-bond donors (Lipinski definition) is 1. The van der Waals surface area contributed by atoms with Crippen LogP contribution in [0.15, 0.2) is 77.9 Å². The smallest absolute Gasteiger partial charge is 0.204 e. The molecule has 0 spiro atoms. The fourth-order valence-corrected chi connectivity index (χ4v) is 4.08. The van der Waals surface area contributed by atoms with Crippen LogP contribution in [0.25, 0.3) is 21.7 Å². The Kier molecular flexibility index (Phi) is 7.59. The van der Waals surface area contributed by atoms with Gasteiger partial charge in [0.25, 0.3) is 0 Å². The van der Waals surface area contributed by atoms with Gasteiger partial charge in [-0.25, -0.2) is 9.37 Å². The lowest BCUT2D eigenvalue weighted by atomic mass is 10.1. The molecule has 0 bridgehead atoms. The van der Waals surface area contributed by atoms with Crippen molar-refractivity contribution in [2.45, 2.75) is 13.8 Å². The quantitative estimate of drug-likeness (QED) is 0.215. The molecule has 1 N–H and O–H groups in total. The van der Waals surface area contributed by atoms with Gasteiger partial charge in [-0.05, 0) is 54.8 Å². The lowest BCUT2D eigenvalue weighted by Gasteiger charge is -2.03. The molecule has 4 rings (SSSR count). The van der Waals surface area contributed by atoms with Gasteiger partial charge >= 0.3 is 0 Å². The number of nitrogens with one attached hydrogen (secondary N) is 1. The Morgan fingerprint density at radius 1 is 1.00 bits per heavy atom. The number of hydrogen-bond acceptors (Lipinski definition) is 4. The molecular weight excluding hydrogens is 497 g/mol. The van der Waals surface area contributed by atoms with Gasteiger partial charge in [-0.15, -0.1) is 17.0 Å². The Balaban J connectivity index is 0.00000272. The van der Waals surface area contributed by atoms with Crippen LogP contribution in [0, 0.1) is 12.7 Å². The van der Waals surface area contributed by atoms with Crippen molar-refractivity contribution >= 4 is 50.8 Å². The summed E-state index contributed by atoms with van der Waals surface area (Å²) in [4.78, 5) is 5.83. The third kappa shape index (κ3) is 5.39. The summed E-state index contributed by atoms with van der Waals surface area (Å²) < 4.78 is 13.5. The zero-order chi connectivity index (χ0) is 21.1. The Labute approximate surface area is 200 Å². The predicted molar refractivity (Wildman–Crippen MR) is 135 cm³/mol. The summed E-state index contributed by atoms with van der Waals surface area (Å²) in [6.45, 7) is 3.62. The number of benzene rings is 3. The number of aryl methyl sites for hydroxylation is 1. The van der Waals surface area contributed by atoms with Crippen LogP contribution in [0.5, 0.6) is 0 Å². The first-order chi connectivity index (χ1) is 14.5. The van der Waals surface area contributed by atoms with Crippen LogP contribution in [0.3, 0.4) is 0 Å². The van der Waals surface area contributed by atoms with Crippen LogP contribution in [0.2, 0.25) is 5.02 Å². The molecule has 3 nitrogen and oxygen atoms in total. The highest BCUT2D eigenvalue weighted by atomic mass is 79.9. The van der Waals surface area contributed by atoms with Crippen molar-refractivity contribution in [3.63, 3.8) is 0 Å². The van der Waals surface area contributed by atoms with Crippen LogP contribution in [-0.2, 0) is 0 Å². The van der Waals surface area contributed by atoms with Crippen molar-refractivity contribution in [1.29, 1.82) is 0 Å². The van der Waals surface area contributed by atoms with Gasteiger partial charge < -0.3 is 0 Å². The van der Waals surface area contributed by atoms with E-state index in [2.05, 4.69) is 22.7 Å². The largest absolute Gasteiger partial charge is 0.252 e. The molecule has 0 atom stereocenters. The van der Waals surface area contributed by atoms with Gasteiger partial charge in [-0.2, -0.15) is 5.10 Å². The van der Waals surface area contributed by atoms with E-state index in [4.69, 9.17) is 16.6 Å². The molecule has 0 aliphatic rings. The number of rotatable bonds is 5. The lowest BCUT2D eigenvalue weighted by molar-refractivity contribution is 0.618. The topological polar surface area (TPSA) is 37.3 Å². The molecule has 0 amide bonds. The van der Waals surface area contributed by atoms with E-state index < -0.39 is 0 Å². The van der Waals surface area contributed by atoms with E-state index in [0.29, 0.717) is 15.7 Å². The molecule has 1 aromatic heterocycles. The third-order valence-electron chi connectivity index (χ3n) is 4.68. The van der Waals surface area contributed by atoms with Gasteiger partial charge in [0.15, 0.2) is 0 Å². The highest BCUT2D eigenvalue weighted by molar-refractivity contribution is 8.93. The van der Waals surface area contributed by atoms with Crippen molar-refractivity contribution in [3.05, 3.63) is 94.8 Å². The predicted octanol–water partition coefficient (Wildman–Crippen LogP) is 7.99. The van der Waals surface area contributed by atoms with E-state index in [-0.39, 0.29) is 22.8 Å². The normalized spacial score (nSPS) is 11.2. The van der Waals surface area contributed by atoms with Gasteiger partial charge in [0, 0.05) is 10.6 Å². The summed E-state index contributed by atoms with van der Waals surface area (Å²) in [6, 6.07) is 22.7. The van der Waals surface area contributed by atoms with Crippen molar-refractivity contribution in [1.82, 2.24) is 4.98 Å². The maximum absolute atomic E-state index is 13.5. The number of halogens is 3. The first-order valence-corrected chi connectivity index (χ1v) is 10.6. The molecule has 158 valence electrons. The Morgan fingerprint density at radius 2 is 1.71 bits per heavy atom. The third-order valence-corrected chi connectivity index (χ3v) is 5.94. The zero-order valence-corrected chi connectivity index (χ0v) is 20.2. The minimum absolute atomic E-state index is 0. The molecule has 1 heterocycles. The highest BCUT2D eigenvalue weighted by Gasteiger charge is 2.15. The number of nitrogens with zero attached hydrogens (tertiary/aromatic N) is 2. The molecular formula is C24H20BrClFN3S. The second kappa shape index (κ2) is 10.2. The van der Waals surface area contributed by atoms with E-state index in [1.807, 2.05) is 49.4 Å². The number of anilines is 1. The molecule has 0 fully saturated rings. The Bertz CT molecular complexity index is 1210. The van der Waals surface area contributed by atoms with Gasteiger partial charge in [0.05, 0.1) is 16.3 Å². The molecule has 3 aromatic carbocycles. The summed E-state index contributed by atoms with van der Waals surface area (Å²) in [7, 11) is 0. The monoisotopic (exact) mass is 515 g/mol. The standard InChI is InChI=1S/C24H19ClFN3S.BrH/c1-15-14-19(10-13-21(15)26)16(2)28-29-24-27-22(17-8-11-20(25)12-9-17)23(30-24)18-6-4-3-5-7-18;/h3-14H,1-2H3,(H,27,29);1H/b28-16+;. The number of aromatic nitrogens is 1. The van der Waals surface area contributed by atoms with E-state index in [1.54, 1.807) is 19.1 Å². The SMILES string of the molecule is Br.C/C(=N\Nc1nc(-c2ccc(Cl)cc2)c(-c2ccccc2)s1)c1ccc(F)c(C)c1. The van der Waals surface area contributed by atoms with Crippen molar-refractivity contribution in [2.75, 3.05) is 5.43 Å². The van der Waals surface area contributed by atoms with Crippen LogP contribution >= 0.6 is 39.9 Å². The molecule has 0 unspecified atom stereocenters. The summed E-state index contributed by atoms with van der Waals surface area (Å²) in [6.07, 6.45) is 0. The number of thiazole rings is 1. The maximum atomic E-state index is 13.5. The fraction of sp³-hybridized carbons (Fsp3) is 0.0833. The van der Waals surface area contributed by atoms with Crippen LogP contribution < -0.4 is 5.43 Å². The van der Waals surface area contributed by atoms with Gasteiger partial charge in [0.2, 0.25) is 5.13 Å². The molecule has 0 saturated carbocycles. The fourth-order valence-electron chi connectivity index (χ4n) is 3.02. The van der Waals surface area contributed by atoms with Gasteiger partial charge in [0.1, 0.15) is 5.82 Å². The summed E-state index contributed by atoms with van der Waals surface area (Å²) >= 11 is 7.59. The summed E-state index contributed by atoms with van der Waals surface area (Å²) in [5, 5.41) is 5.82. The van der Waals surface area contributed by atoms with E-state index in [9.17, 15) is 4.39 Å². The van der Waals surface area contributed by atoms with Crippen LogP contribution in [0.4, 0.5) is 9.52 Å².